The van der Waals surface area contributed by atoms with E-state index >= 15 is 0 Å². The molecule has 2 N–H and O–H groups in total. The first kappa shape index (κ1) is 8.97. The molecule has 0 radical (unpaired) electrons. The van der Waals surface area contributed by atoms with Crippen molar-refractivity contribution in [3.63, 3.8) is 0 Å². The first-order chi connectivity index (χ1) is 6.20. The largest absolute Gasteiger partial charge is 0.321 e. The van der Waals surface area contributed by atoms with E-state index in [9.17, 15) is 0 Å². The number of hydrogen-bond acceptors (Lipinski definition) is 3. The van der Waals surface area contributed by atoms with E-state index < -0.39 is 0 Å². The van der Waals surface area contributed by atoms with Gasteiger partial charge >= 0.3 is 0 Å². The molecule has 2 unspecified atom stereocenters. The van der Waals surface area contributed by atoms with E-state index in [0.29, 0.717) is 0 Å². The van der Waals surface area contributed by atoms with Crippen molar-refractivity contribution in [3.05, 3.63) is 11.6 Å². The molecule has 1 aromatic heterocycles. The molecular weight excluding hydrogens is 188 g/mol. The summed E-state index contributed by atoms with van der Waals surface area (Å²) in [5.74, 6) is 1.74. The molecule has 72 valence electrons. The van der Waals surface area contributed by atoms with Crippen molar-refractivity contribution in [2.24, 2.45) is 5.73 Å². The van der Waals surface area contributed by atoms with Gasteiger partial charge in [0.15, 0.2) is 5.82 Å². The highest BCUT2D eigenvalue weighted by atomic mass is 35.5. The number of alkyl halides is 1. The normalized spacial score (nSPS) is 27.3. The molecule has 0 spiro atoms. The van der Waals surface area contributed by atoms with Crippen LogP contribution in [0.5, 0.6) is 0 Å². The Kier molecular flexibility index (Phi) is 2.26. The average molecular weight is 201 g/mol. The molecule has 0 aromatic carbocycles. The van der Waals surface area contributed by atoms with Gasteiger partial charge < -0.3 is 5.73 Å². The van der Waals surface area contributed by atoms with Crippen LogP contribution < -0.4 is 5.73 Å². The summed E-state index contributed by atoms with van der Waals surface area (Å²) in [5.41, 5.74) is 5.90. The fourth-order valence-electron chi connectivity index (χ4n) is 1.60. The topological polar surface area (TPSA) is 56.7 Å². The first-order valence-electron chi connectivity index (χ1n) is 4.54. The number of rotatable bonds is 1. The van der Waals surface area contributed by atoms with Crippen LogP contribution in [0.4, 0.5) is 0 Å². The molecule has 13 heavy (non-hydrogen) atoms. The molecule has 0 fully saturated rings. The molecule has 2 atom stereocenters. The van der Waals surface area contributed by atoms with Crippen molar-refractivity contribution in [2.45, 2.75) is 37.7 Å². The van der Waals surface area contributed by atoms with Crippen LogP contribution in [-0.2, 0) is 13.0 Å². The average Bonchev–Trinajstić information content (AvgIpc) is 2.47. The van der Waals surface area contributed by atoms with Gasteiger partial charge in [0, 0.05) is 6.42 Å². The maximum Gasteiger partial charge on any atom is 0.150 e. The number of hydrogen-bond donors (Lipinski definition) is 1. The highest BCUT2D eigenvalue weighted by molar-refractivity contribution is 6.20. The molecule has 4 nitrogen and oxygen atoms in total. The first-order valence-corrected chi connectivity index (χ1v) is 4.97. The Morgan fingerprint density at radius 1 is 1.69 bits per heavy atom. The van der Waals surface area contributed by atoms with Gasteiger partial charge in [-0.3, -0.25) is 0 Å². The van der Waals surface area contributed by atoms with E-state index in [-0.39, 0.29) is 11.4 Å². The summed E-state index contributed by atoms with van der Waals surface area (Å²) in [6, 6.07) is -0.0518. The van der Waals surface area contributed by atoms with Crippen LogP contribution in [0.1, 0.15) is 31.0 Å². The van der Waals surface area contributed by atoms with Crippen molar-refractivity contribution >= 4 is 11.6 Å². The van der Waals surface area contributed by atoms with Crippen molar-refractivity contribution in [1.82, 2.24) is 14.8 Å². The minimum absolute atomic E-state index is 0.0518. The van der Waals surface area contributed by atoms with E-state index in [2.05, 4.69) is 10.1 Å². The predicted molar refractivity (Wildman–Crippen MR) is 50.6 cm³/mol. The standard InChI is InChI=1S/C8H13ClN4/c1-2-7-11-8-6(10)3-5(9)4-13(8)12-7/h5-6H,2-4,10H2,1H3. The van der Waals surface area contributed by atoms with Gasteiger partial charge in [-0.25, -0.2) is 9.67 Å². The van der Waals surface area contributed by atoms with Crippen LogP contribution in [0.15, 0.2) is 0 Å². The molecule has 0 amide bonds. The van der Waals surface area contributed by atoms with E-state index in [1.165, 1.54) is 0 Å². The van der Waals surface area contributed by atoms with Gasteiger partial charge in [-0.05, 0) is 6.42 Å². The SMILES string of the molecule is CCc1nc2n(n1)CC(Cl)CC2N. The highest BCUT2D eigenvalue weighted by Gasteiger charge is 2.25. The third-order valence-corrected chi connectivity index (χ3v) is 2.59. The van der Waals surface area contributed by atoms with Crippen molar-refractivity contribution < 1.29 is 0 Å². The van der Waals surface area contributed by atoms with Crippen molar-refractivity contribution in [2.75, 3.05) is 0 Å². The molecule has 1 aliphatic rings. The maximum atomic E-state index is 6.02. The number of fused-ring (bicyclic) bond motifs is 1. The summed E-state index contributed by atoms with van der Waals surface area (Å²) in [5, 5.41) is 4.40. The summed E-state index contributed by atoms with van der Waals surface area (Å²) in [6.45, 7) is 2.77. The Bertz CT molecular complexity index is 309. The van der Waals surface area contributed by atoms with Gasteiger partial charge in [-0.15, -0.1) is 11.6 Å². The maximum absolute atomic E-state index is 6.02. The molecule has 0 bridgehead atoms. The third-order valence-electron chi connectivity index (χ3n) is 2.27. The third kappa shape index (κ3) is 1.56. The van der Waals surface area contributed by atoms with E-state index in [4.69, 9.17) is 17.3 Å². The lowest BCUT2D eigenvalue weighted by Crippen LogP contribution is -2.29. The summed E-state index contributed by atoms with van der Waals surface area (Å²) in [7, 11) is 0. The van der Waals surface area contributed by atoms with Gasteiger partial charge in [0.2, 0.25) is 0 Å². The second-order valence-electron chi connectivity index (χ2n) is 3.36. The fraction of sp³-hybridized carbons (Fsp3) is 0.750. The Morgan fingerprint density at radius 3 is 3.15 bits per heavy atom. The summed E-state index contributed by atoms with van der Waals surface area (Å²) in [4.78, 5) is 4.35. The van der Waals surface area contributed by atoms with E-state index in [1.807, 2.05) is 11.6 Å². The van der Waals surface area contributed by atoms with Crippen LogP contribution in [0.2, 0.25) is 0 Å². The molecule has 1 aliphatic heterocycles. The minimum Gasteiger partial charge on any atom is -0.321 e. The van der Waals surface area contributed by atoms with Crippen molar-refractivity contribution in [3.8, 4) is 0 Å². The van der Waals surface area contributed by atoms with Gasteiger partial charge in [-0.2, -0.15) is 5.10 Å². The van der Waals surface area contributed by atoms with Gasteiger partial charge in [0.25, 0.3) is 0 Å². The lowest BCUT2D eigenvalue weighted by Gasteiger charge is -2.22. The molecule has 0 aliphatic carbocycles. The fourth-order valence-corrected chi connectivity index (χ4v) is 1.93. The van der Waals surface area contributed by atoms with E-state index in [1.54, 1.807) is 0 Å². The monoisotopic (exact) mass is 200 g/mol. The summed E-state index contributed by atoms with van der Waals surface area (Å²) >= 11 is 6.02. The number of halogens is 1. The minimum atomic E-state index is -0.0518. The van der Waals surface area contributed by atoms with Crippen LogP contribution >= 0.6 is 11.6 Å². The van der Waals surface area contributed by atoms with Crippen LogP contribution in [0.3, 0.4) is 0 Å². The molecular formula is C8H13ClN4. The van der Waals surface area contributed by atoms with Crippen LogP contribution in [0.25, 0.3) is 0 Å². The Morgan fingerprint density at radius 2 is 2.46 bits per heavy atom. The second-order valence-corrected chi connectivity index (χ2v) is 3.98. The number of nitrogens with two attached hydrogens (primary N) is 1. The zero-order chi connectivity index (χ0) is 9.42. The number of aryl methyl sites for hydroxylation is 1. The molecule has 0 saturated heterocycles. The van der Waals surface area contributed by atoms with Crippen LogP contribution in [0, 0.1) is 0 Å². The highest BCUT2D eigenvalue weighted by Crippen LogP contribution is 2.24. The number of aromatic nitrogens is 3. The number of nitrogens with zero attached hydrogens (tertiary/aromatic N) is 3. The predicted octanol–water partition coefficient (Wildman–Crippen LogP) is 0.851. The zero-order valence-corrected chi connectivity index (χ0v) is 8.33. The molecule has 1 aromatic rings. The lowest BCUT2D eigenvalue weighted by atomic mass is 10.1. The quantitative estimate of drug-likeness (QED) is 0.684. The van der Waals surface area contributed by atoms with Crippen molar-refractivity contribution in [1.29, 1.82) is 0 Å². The summed E-state index contributed by atoms with van der Waals surface area (Å²) < 4.78 is 1.84. The Hall–Kier alpha value is -0.610. The Balaban J connectivity index is 2.35. The van der Waals surface area contributed by atoms with E-state index in [0.717, 1.165) is 31.0 Å². The smallest absolute Gasteiger partial charge is 0.150 e. The summed E-state index contributed by atoms with van der Waals surface area (Å²) in [6.07, 6.45) is 1.64. The Labute approximate surface area is 82.1 Å². The lowest BCUT2D eigenvalue weighted by molar-refractivity contribution is 0.427. The van der Waals surface area contributed by atoms with Crippen LogP contribution in [-0.4, -0.2) is 20.1 Å². The second kappa shape index (κ2) is 3.27. The molecule has 2 rings (SSSR count). The molecule has 2 heterocycles. The van der Waals surface area contributed by atoms with Gasteiger partial charge in [0.05, 0.1) is 18.0 Å². The zero-order valence-electron chi connectivity index (χ0n) is 7.57. The molecule has 5 heteroatoms. The van der Waals surface area contributed by atoms with Gasteiger partial charge in [-0.1, -0.05) is 6.92 Å². The molecule has 0 saturated carbocycles. The van der Waals surface area contributed by atoms with Gasteiger partial charge in [0.1, 0.15) is 5.82 Å².